The van der Waals surface area contributed by atoms with Gasteiger partial charge in [0.05, 0.1) is 18.2 Å². The van der Waals surface area contributed by atoms with Gasteiger partial charge in [-0.25, -0.2) is 4.98 Å². The van der Waals surface area contributed by atoms with Gasteiger partial charge in [-0.2, -0.15) is 0 Å². The average molecular weight is 240 g/mol. The highest BCUT2D eigenvalue weighted by molar-refractivity contribution is 7.13. The molecule has 1 aliphatic rings. The molecule has 0 unspecified atom stereocenters. The lowest BCUT2D eigenvalue weighted by Gasteiger charge is -2.30. The van der Waals surface area contributed by atoms with Crippen molar-refractivity contribution < 1.29 is 4.74 Å². The molecule has 1 fully saturated rings. The van der Waals surface area contributed by atoms with Crippen LogP contribution in [0.15, 0.2) is 0 Å². The first-order valence-electron chi connectivity index (χ1n) is 5.84. The number of hydrogen-bond acceptors (Lipinski definition) is 4. The van der Waals surface area contributed by atoms with Crippen LogP contribution in [0.3, 0.4) is 0 Å². The van der Waals surface area contributed by atoms with Gasteiger partial charge < -0.3 is 10.5 Å². The first-order valence-corrected chi connectivity index (χ1v) is 6.65. The molecule has 2 rings (SSSR count). The third-order valence-electron chi connectivity index (χ3n) is 3.70. The Morgan fingerprint density at radius 3 is 2.62 bits per heavy atom. The number of thiazole rings is 1. The first-order chi connectivity index (χ1) is 7.57. The average Bonchev–Trinajstić information content (AvgIpc) is 2.84. The highest BCUT2D eigenvalue weighted by Gasteiger charge is 2.38. The second-order valence-corrected chi connectivity index (χ2v) is 6.11. The van der Waals surface area contributed by atoms with Crippen molar-refractivity contribution in [2.24, 2.45) is 11.1 Å². The van der Waals surface area contributed by atoms with Crippen LogP contribution in [0.2, 0.25) is 0 Å². The molecule has 2 N–H and O–H groups in total. The summed E-state index contributed by atoms with van der Waals surface area (Å²) in [6, 6.07) is 0.00917. The second kappa shape index (κ2) is 4.34. The van der Waals surface area contributed by atoms with E-state index in [1.807, 2.05) is 6.92 Å². The molecule has 0 bridgehead atoms. The first kappa shape index (κ1) is 11.9. The second-order valence-electron chi connectivity index (χ2n) is 4.95. The Bertz CT molecular complexity index is 369. The molecule has 1 heterocycles. The van der Waals surface area contributed by atoms with Crippen LogP contribution < -0.4 is 10.5 Å². The van der Waals surface area contributed by atoms with Gasteiger partial charge in [-0.3, -0.25) is 0 Å². The number of methoxy groups -OCH3 is 1. The van der Waals surface area contributed by atoms with E-state index in [2.05, 4.69) is 11.9 Å². The zero-order valence-corrected chi connectivity index (χ0v) is 11.1. The van der Waals surface area contributed by atoms with E-state index in [9.17, 15) is 0 Å². The van der Waals surface area contributed by atoms with Crippen molar-refractivity contribution in [3.63, 3.8) is 0 Å². The molecule has 4 heteroatoms. The Morgan fingerprint density at radius 2 is 2.06 bits per heavy atom. The van der Waals surface area contributed by atoms with Gasteiger partial charge in [-0.15, -0.1) is 0 Å². The third kappa shape index (κ3) is 1.96. The number of aryl methyl sites for hydroxylation is 1. The predicted molar refractivity (Wildman–Crippen MR) is 66.9 cm³/mol. The van der Waals surface area contributed by atoms with Crippen molar-refractivity contribution in [2.45, 2.75) is 45.6 Å². The summed E-state index contributed by atoms with van der Waals surface area (Å²) in [6.45, 7) is 4.28. The van der Waals surface area contributed by atoms with E-state index in [0.29, 0.717) is 0 Å². The molecule has 0 aromatic carbocycles. The molecule has 1 atom stereocenters. The highest BCUT2D eigenvalue weighted by Crippen LogP contribution is 2.48. The zero-order valence-electron chi connectivity index (χ0n) is 10.2. The standard InChI is InChI=1S/C12H20N2OS/c1-8-14-9(11(15-3)16-8)10(13)12(2)6-4-5-7-12/h10H,4-7,13H2,1-3H3/t10-/m0/s1. The number of ether oxygens (including phenoxy) is 1. The quantitative estimate of drug-likeness (QED) is 0.883. The molecule has 3 nitrogen and oxygen atoms in total. The van der Waals surface area contributed by atoms with Crippen molar-refractivity contribution in [3.8, 4) is 5.06 Å². The Hall–Kier alpha value is -0.610. The van der Waals surface area contributed by atoms with Crippen molar-refractivity contribution in [3.05, 3.63) is 10.7 Å². The lowest BCUT2D eigenvalue weighted by Crippen LogP contribution is -2.30. The van der Waals surface area contributed by atoms with Crippen LogP contribution >= 0.6 is 11.3 Å². The van der Waals surface area contributed by atoms with E-state index in [1.54, 1.807) is 18.4 Å². The molecule has 1 aliphatic carbocycles. The molecule has 0 aliphatic heterocycles. The Labute approximate surface area is 101 Å². The summed E-state index contributed by atoms with van der Waals surface area (Å²) in [5.74, 6) is 0. The number of nitrogens with two attached hydrogens (primary N) is 1. The minimum absolute atomic E-state index is 0.00917. The van der Waals surface area contributed by atoms with E-state index >= 15 is 0 Å². The normalized spacial score (nSPS) is 21.0. The highest BCUT2D eigenvalue weighted by atomic mass is 32.1. The fourth-order valence-electron chi connectivity index (χ4n) is 2.59. The Kier molecular flexibility index (Phi) is 3.22. The van der Waals surface area contributed by atoms with Crippen LogP contribution in [0, 0.1) is 12.3 Å². The van der Waals surface area contributed by atoms with E-state index < -0.39 is 0 Å². The van der Waals surface area contributed by atoms with Gasteiger partial charge in [0.1, 0.15) is 5.69 Å². The summed E-state index contributed by atoms with van der Waals surface area (Å²) in [5, 5.41) is 1.92. The van der Waals surface area contributed by atoms with Crippen LogP contribution in [0.1, 0.15) is 49.4 Å². The van der Waals surface area contributed by atoms with Crippen molar-refractivity contribution in [1.29, 1.82) is 0 Å². The molecule has 1 saturated carbocycles. The fourth-order valence-corrected chi connectivity index (χ4v) is 3.36. The molecule has 1 aromatic heterocycles. The number of aromatic nitrogens is 1. The maximum Gasteiger partial charge on any atom is 0.198 e. The largest absolute Gasteiger partial charge is 0.486 e. The molecule has 0 radical (unpaired) electrons. The fraction of sp³-hybridized carbons (Fsp3) is 0.750. The smallest absolute Gasteiger partial charge is 0.198 e. The van der Waals surface area contributed by atoms with E-state index in [0.717, 1.165) is 15.8 Å². The van der Waals surface area contributed by atoms with Gasteiger partial charge in [0.25, 0.3) is 0 Å². The summed E-state index contributed by atoms with van der Waals surface area (Å²) in [6.07, 6.45) is 4.98. The predicted octanol–water partition coefficient (Wildman–Crippen LogP) is 3.04. The summed E-state index contributed by atoms with van der Waals surface area (Å²) < 4.78 is 5.37. The van der Waals surface area contributed by atoms with Crippen LogP contribution in [0.5, 0.6) is 5.06 Å². The molecular weight excluding hydrogens is 220 g/mol. The topological polar surface area (TPSA) is 48.1 Å². The molecule has 90 valence electrons. The lowest BCUT2D eigenvalue weighted by molar-refractivity contribution is 0.256. The monoisotopic (exact) mass is 240 g/mol. The molecule has 0 saturated heterocycles. The van der Waals surface area contributed by atoms with Gasteiger partial charge in [0, 0.05) is 0 Å². The lowest BCUT2D eigenvalue weighted by atomic mass is 9.80. The van der Waals surface area contributed by atoms with Crippen molar-refractivity contribution in [1.82, 2.24) is 4.98 Å². The SMILES string of the molecule is COc1sc(C)nc1[C@H](N)C1(C)CCCC1. The minimum atomic E-state index is 0.00917. The third-order valence-corrected chi connectivity index (χ3v) is 4.65. The zero-order chi connectivity index (χ0) is 11.8. The number of hydrogen-bond donors (Lipinski definition) is 1. The van der Waals surface area contributed by atoms with Gasteiger partial charge in [-0.05, 0) is 25.2 Å². The van der Waals surface area contributed by atoms with Gasteiger partial charge in [0.2, 0.25) is 0 Å². The van der Waals surface area contributed by atoms with Gasteiger partial charge >= 0.3 is 0 Å². The van der Waals surface area contributed by atoms with Gasteiger partial charge in [0.15, 0.2) is 5.06 Å². The van der Waals surface area contributed by atoms with Crippen molar-refractivity contribution >= 4 is 11.3 Å². The molecule has 16 heavy (non-hydrogen) atoms. The number of nitrogens with zero attached hydrogens (tertiary/aromatic N) is 1. The molecule has 0 amide bonds. The van der Waals surface area contributed by atoms with E-state index in [-0.39, 0.29) is 11.5 Å². The number of rotatable bonds is 3. The maximum absolute atomic E-state index is 6.39. The Morgan fingerprint density at radius 1 is 1.44 bits per heavy atom. The summed E-state index contributed by atoms with van der Waals surface area (Å²) in [5.41, 5.74) is 7.54. The molecule has 0 spiro atoms. The summed E-state index contributed by atoms with van der Waals surface area (Å²) in [7, 11) is 1.69. The Balaban J connectivity index is 2.28. The van der Waals surface area contributed by atoms with Crippen LogP contribution in [0.25, 0.3) is 0 Å². The van der Waals surface area contributed by atoms with Crippen molar-refractivity contribution in [2.75, 3.05) is 7.11 Å². The molecular formula is C12H20N2OS. The van der Waals surface area contributed by atoms with Gasteiger partial charge in [-0.1, -0.05) is 31.1 Å². The maximum atomic E-state index is 6.39. The van der Waals surface area contributed by atoms with Crippen LogP contribution in [-0.2, 0) is 0 Å². The molecule has 1 aromatic rings. The van der Waals surface area contributed by atoms with E-state index in [4.69, 9.17) is 10.5 Å². The summed E-state index contributed by atoms with van der Waals surface area (Å²) in [4.78, 5) is 4.54. The summed E-state index contributed by atoms with van der Waals surface area (Å²) >= 11 is 1.59. The van der Waals surface area contributed by atoms with Crippen LogP contribution in [-0.4, -0.2) is 12.1 Å². The minimum Gasteiger partial charge on any atom is -0.486 e. The van der Waals surface area contributed by atoms with E-state index in [1.165, 1.54) is 25.7 Å². The van der Waals surface area contributed by atoms with Crippen LogP contribution in [0.4, 0.5) is 0 Å².